The molecule has 0 aromatic heterocycles. The monoisotopic (exact) mass is 195 g/mol. The Labute approximate surface area is 86.5 Å². The summed E-state index contributed by atoms with van der Waals surface area (Å²) < 4.78 is 0. The normalized spacial score (nSPS) is 37.1. The molecule has 0 aromatic carbocycles. The highest BCUT2D eigenvalue weighted by atomic mass is 16.2. The summed E-state index contributed by atoms with van der Waals surface area (Å²) in [6.45, 7) is 4.21. The Morgan fingerprint density at radius 1 is 1.43 bits per heavy atom. The molecule has 2 heteroatoms. The Bertz CT molecular complexity index is 226. The molecule has 1 amide bonds. The average Bonchev–Trinajstić information content (AvgIpc) is 2.78. The van der Waals surface area contributed by atoms with Crippen LogP contribution in [0.4, 0.5) is 0 Å². The third kappa shape index (κ3) is 1.79. The lowest BCUT2D eigenvalue weighted by Gasteiger charge is -2.22. The molecular formula is C12H21NO. The average molecular weight is 195 g/mol. The van der Waals surface area contributed by atoms with Gasteiger partial charge in [0.25, 0.3) is 0 Å². The van der Waals surface area contributed by atoms with Crippen LogP contribution in [0.15, 0.2) is 0 Å². The zero-order chi connectivity index (χ0) is 10.1. The van der Waals surface area contributed by atoms with Gasteiger partial charge >= 0.3 is 0 Å². The molecule has 0 radical (unpaired) electrons. The molecule has 1 N–H and O–H groups in total. The molecular weight excluding hydrogens is 174 g/mol. The molecule has 2 aliphatic carbocycles. The summed E-state index contributed by atoms with van der Waals surface area (Å²) in [5, 5.41) is 3.12. The van der Waals surface area contributed by atoms with Crippen molar-refractivity contribution in [1.82, 2.24) is 5.32 Å². The standard InChI is InChI=1S/C12H21NO/c1-3-8(2)13-12(14)11-7-9-4-5-10(11)6-9/h8-11H,3-7H2,1-2H3,(H,13,14)/t8-,9-,10-,11-/m0/s1. The van der Waals surface area contributed by atoms with Crippen LogP contribution >= 0.6 is 0 Å². The smallest absolute Gasteiger partial charge is 0.223 e. The van der Waals surface area contributed by atoms with E-state index < -0.39 is 0 Å². The minimum atomic E-state index is 0.326. The molecule has 14 heavy (non-hydrogen) atoms. The summed E-state index contributed by atoms with van der Waals surface area (Å²) in [5.41, 5.74) is 0. The van der Waals surface area contributed by atoms with Crippen molar-refractivity contribution in [3.63, 3.8) is 0 Å². The summed E-state index contributed by atoms with van der Waals surface area (Å²) in [7, 11) is 0. The van der Waals surface area contributed by atoms with Crippen molar-refractivity contribution in [2.24, 2.45) is 17.8 Å². The fraction of sp³-hybridized carbons (Fsp3) is 0.917. The number of amides is 1. The second-order valence-corrected chi connectivity index (χ2v) is 5.10. The van der Waals surface area contributed by atoms with Gasteiger partial charge in [-0.15, -0.1) is 0 Å². The number of fused-ring (bicyclic) bond motifs is 2. The maximum absolute atomic E-state index is 11.9. The van der Waals surface area contributed by atoms with Crippen LogP contribution < -0.4 is 5.32 Å². The summed E-state index contributed by atoms with van der Waals surface area (Å²) >= 11 is 0. The lowest BCUT2D eigenvalue weighted by molar-refractivity contribution is -0.127. The van der Waals surface area contributed by atoms with Crippen LogP contribution in [0.1, 0.15) is 46.0 Å². The topological polar surface area (TPSA) is 29.1 Å². The Balaban J connectivity index is 1.87. The Morgan fingerprint density at radius 3 is 2.71 bits per heavy atom. The van der Waals surface area contributed by atoms with Gasteiger partial charge in [-0.3, -0.25) is 4.79 Å². The Morgan fingerprint density at radius 2 is 2.21 bits per heavy atom. The van der Waals surface area contributed by atoms with Crippen LogP contribution in [-0.2, 0) is 4.79 Å². The fourth-order valence-electron chi connectivity index (χ4n) is 3.02. The third-order valence-electron chi connectivity index (χ3n) is 4.08. The van der Waals surface area contributed by atoms with Crippen LogP contribution in [0.25, 0.3) is 0 Å². The maximum Gasteiger partial charge on any atom is 0.223 e. The molecule has 2 rings (SSSR count). The van der Waals surface area contributed by atoms with Gasteiger partial charge in [-0.1, -0.05) is 13.3 Å². The van der Waals surface area contributed by atoms with Gasteiger partial charge < -0.3 is 5.32 Å². The quantitative estimate of drug-likeness (QED) is 0.735. The van der Waals surface area contributed by atoms with Crippen molar-refractivity contribution in [2.45, 2.75) is 52.0 Å². The number of carbonyl (C=O) groups is 1. The SMILES string of the molecule is CC[C@H](C)NC(=O)[C@H]1C[C@H]2CC[C@H]1C2. The minimum Gasteiger partial charge on any atom is -0.353 e. The molecule has 2 aliphatic rings. The molecule has 0 spiro atoms. The minimum absolute atomic E-state index is 0.326. The van der Waals surface area contributed by atoms with Crippen molar-refractivity contribution < 1.29 is 4.79 Å². The molecule has 0 saturated heterocycles. The van der Waals surface area contributed by atoms with Gasteiger partial charge in [0, 0.05) is 12.0 Å². The highest BCUT2D eigenvalue weighted by molar-refractivity contribution is 5.79. The molecule has 0 unspecified atom stereocenters. The first kappa shape index (κ1) is 10.0. The van der Waals surface area contributed by atoms with E-state index in [2.05, 4.69) is 19.2 Å². The Kier molecular flexibility index (Phi) is 2.80. The molecule has 2 saturated carbocycles. The number of carbonyl (C=O) groups excluding carboxylic acids is 1. The van der Waals surface area contributed by atoms with Gasteiger partial charge in [-0.2, -0.15) is 0 Å². The van der Waals surface area contributed by atoms with E-state index in [-0.39, 0.29) is 0 Å². The molecule has 4 atom stereocenters. The second-order valence-electron chi connectivity index (χ2n) is 5.10. The van der Waals surface area contributed by atoms with Gasteiger partial charge in [-0.25, -0.2) is 0 Å². The van der Waals surface area contributed by atoms with Crippen molar-refractivity contribution in [3.05, 3.63) is 0 Å². The van der Waals surface area contributed by atoms with Gasteiger partial charge in [0.05, 0.1) is 0 Å². The van der Waals surface area contributed by atoms with Crippen molar-refractivity contribution in [3.8, 4) is 0 Å². The first-order valence-corrected chi connectivity index (χ1v) is 6.01. The molecule has 80 valence electrons. The third-order valence-corrected chi connectivity index (χ3v) is 4.08. The Hall–Kier alpha value is -0.530. The predicted octanol–water partition coefficient (Wildman–Crippen LogP) is 2.34. The lowest BCUT2D eigenvalue weighted by Crippen LogP contribution is -2.38. The highest BCUT2D eigenvalue weighted by Crippen LogP contribution is 2.48. The van der Waals surface area contributed by atoms with E-state index in [1.54, 1.807) is 0 Å². The van der Waals surface area contributed by atoms with Crippen LogP contribution in [-0.4, -0.2) is 11.9 Å². The van der Waals surface area contributed by atoms with E-state index in [9.17, 15) is 4.79 Å². The second kappa shape index (κ2) is 3.92. The van der Waals surface area contributed by atoms with Crippen molar-refractivity contribution in [1.29, 1.82) is 0 Å². The molecule has 0 aromatic rings. The van der Waals surface area contributed by atoms with Gasteiger partial charge in [0.15, 0.2) is 0 Å². The van der Waals surface area contributed by atoms with Gasteiger partial charge in [0.2, 0.25) is 5.91 Å². The number of nitrogens with one attached hydrogen (secondary N) is 1. The van der Waals surface area contributed by atoms with E-state index in [1.165, 1.54) is 19.3 Å². The highest BCUT2D eigenvalue weighted by Gasteiger charge is 2.43. The molecule has 2 nitrogen and oxygen atoms in total. The predicted molar refractivity (Wildman–Crippen MR) is 56.8 cm³/mol. The van der Waals surface area contributed by atoms with Gasteiger partial charge in [0.1, 0.15) is 0 Å². The first-order chi connectivity index (χ1) is 6.70. The van der Waals surface area contributed by atoms with Crippen LogP contribution in [0, 0.1) is 17.8 Å². The molecule has 0 heterocycles. The van der Waals surface area contributed by atoms with E-state index in [0.29, 0.717) is 23.8 Å². The van der Waals surface area contributed by atoms with E-state index in [1.807, 2.05) is 0 Å². The molecule has 2 bridgehead atoms. The zero-order valence-corrected chi connectivity index (χ0v) is 9.25. The van der Waals surface area contributed by atoms with Crippen molar-refractivity contribution >= 4 is 5.91 Å². The number of hydrogen-bond acceptors (Lipinski definition) is 1. The van der Waals surface area contributed by atoms with E-state index >= 15 is 0 Å². The van der Waals surface area contributed by atoms with Crippen LogP contribution in [0.2, 0.25) is 0 Å². The summed E-state index contributed by atoms with van der Waals surface area (Å²) in [6, 6.07) is 0.349. The fourth-order valence-corrected chi connectivity index (χ4v) is 3.02. The van der Waals surface area contributed by atoms with E-state index in [4.69, 9.17) is 0 Å². The molecule has 0 aliphatic heterocycles. The van der Waals surface area contributed by atoms with E-state index in [0.717, 1.165) is 18.8 Å². The van der Waals surface area contributed by atoms with Crippen molar-refractivity contribution in [2.75, 3.05) is 0 Å². The first-order valence-electron chi connectivity index (χ1n) is 6.01. The zero-order valence-electron chi connectivity index (χ0n) is 9.25. The molecule has 2 fully saturated rings. The van der Waals surface area contributed by atoms with Crippen LogP contribution in [0.5, 0.6) is 0 Å². The summed E-state index contributed by atoms with van der Waals surface area (Å²) in [4.78, 5) is 11.9. The van der Waals surface area contributed by atoms with Crippen LogP contribution in [0.3, 0.4) is 0 Å². The number of rotatable bonds is 3. The maximum atomic E-state index is 11.9. The largest absolute Gasteiger partial charge is 0.353 e. The summed E-state index contributed by atoms with van der Waals surface area (Å²) in [6.07, 6.45) is 6.18. The number of hydrogen-bond donors (Lipinski definition) is 1. The van der Waals surface area contributed by atoms with Gasteiger partial charge in [-0.05, 0) is 44.4 Å². The lowest BCUT2D eigenvalue weighted by atomic mass is 9.88. The summed E-state index contributed by atoms with van der Waals surface area (Å²) in [5.74, 6) is 2.26.